The molecule has 3 rings (SSSR count). The number of hydrogen-bond donors (Lipinski definition) is 2. The van der Waals surface area contributed by atoms with Gasteiger partial charge in [-0.1, -0.05) is 0 Å². The van der Waals surface area contributed by atoms with Gasteiger partial charge in [0.05, 0.1) is 0 Å². The lowest BCUT2D eigenvalue weighted by molar-refractivity contribution is 0.0637. The second kappa shape index (κ2) is 5.10. The van der Waals surface area contributed by atoms with Gasteiger partial charge >= 0.3 is 0 Å². The zero-order chi connectivity index (χ0) is 11.0. The number of H-pyrrole nitrogens is 1. The fraction of sp³-hybridized carbons (Fsp3) is 0.583. The number of nitrogens with one attached hydrogen (secondary N) is 2. The molecule has 94 valence electrons. The average Bonchev–Trinajstić information content (AvgIpc) is 2.98. The topological polar surface area (TPSA) is 48.1 Å². The Morgan fingerprint density at radius 2 is 2.18 bits per heavy atom. The number of fused-ring (bicyclic) bond motifs is 1. The molecule has 3 heterocycles. The van der Waals surface area contributed by atoms with E-state index in [2.05, 4.69) is 10.3 Å². The highest BCUT2D eigenvalue weighted by molar-refractivity contribution is 5.92. The number of piperidine rings is 1. The maximum atomic E-state index is 12.1. The van der Waals surface area contributed by atoms with Crippen molar-refractivity contribution in [2.75, 3.05) is 26.2 Å². The molecule has 4 nitrogen and oxygen atoms in total. The van der Waals surface area contributed by atoms with E-state index in [0.717, 1.165) is 38.5 Å². The Labute approximate surface area is 107 Å². The fourth-order valence-corrected chi connectivity index (χ4v) is 2.85. The zero-order valence-electron chi connectivity index (χ0n) is 9.69. The molecule has 0 radical (unpaired) electrons. The molecule has 5 heteroatoms. The van der Waals surface area contributed by atoms with Crippen LogP contribution in [-0.2, 0) is 0 Å². The van der Waals surface area contributed by atoms with Gasteiger partial charge in [-0.25, -0.2) is 0 Å². The molecular formula is C12H18ClN3O. The SMILES string of the molecule is Cl.O=C(c1ccc[nH]1)N1CCC2CNCC2C1. The van der Waals surface area contributed by atoms with Gasteiger partial charge in [0.25, 0.3) is 5.91 Å². The highest BCUT2D eigenvalue weighted by atomic mass is 35.5. The van der Waals surface area contributed by atoms with Gasteiger partial charge in [-0.05, 0) is 43.5 Å². The van der Waals surface area contributed by atoms with Crippen molar-refractivity contribution in [3.63, 3.8) is 0 Å². The molecule has 2 fully saturated rings. The molecule has 17 heavy (non-hydrogen) atoms. The van der Waals surface area contributed by atoms with Crippen LogP contribution in [-0.4, -0.2) is 42.0 Å². The van der Waals surface area contributed by atoms with Crippen LogP contribution in [0.4, 0.5) is 0 Å². The summed E-state index contributed by atoms with van der Waals surface area (Å²) in [7, 11) is 0. The van der Waals surface area contributed by atoms with E-state index in [9.17, 15) is 4.79 Å². The number of rotatable bonds is 1. The van der Waals surface area contributed by atoms with Crippen molar-refractivity contribution in [3.8, 4) is 0 Å². The van der Waals surface area contributed by atoms with E-state index < -0.39 is 0 Å². The summed E-state index contributed by atoms with van der Waals surface area (Å²) in [5.41, 5.74) is 0.712. The molecule has 0 aromatic carbocycles. The average molecular weight is 256 g/mol. The molecule has 0 saturated carbocycles. The molecule has 1 amide bonds. The van der Waals surface area contributed by atoms with Crippen molar-refractivity contribution >= 4 is 18.3 Å². The van der Waals surface area contributed by atoms with Crippen LogP contribution in [0.25, 0.3) is 0 Å². The van der Waals surface area contributed by atoms with Crippen LogP contribution in [0, 0.1) is 11.8 Å². The first-order chi connectivity index (χ1) is 7.84. The molecule has 2 aliphatic heterocycles. The van der Waals surface area contributed by atoms with Gasteiger partial charge < -0.3 is 15.2 Å². The zero-order valence-corrected chi connectivity index (χ0v) is 10.5. The number of halogens is 1. The molecule has 2 N–H and O–H groups in total. The van der Waals surface area contributed by atoms with Gasteiger partial charge in [-0.3, -0.25) is 4.79 Å². The molecule has 2 atom stereocenters. The van der Waals surface area contributed by atoms with Crippen molar-refractivity contribution in [1.29, 1.82) is 0 Å². The van der Waals surface area contributed by atoms with Crippen molar-refractivity contribution in [2.45, 2.75) is 6.42 Å². The Morgan fingerprint density at radius 3 is 2.94 bits per heavy atom. The normalized spacial score (nSPS) is 27.4. The summed E-state index contributed by atoms with van der Waals surface area (Å²) < 4.78 is 0. The van der Waals surface area contributed by atoms with Gasteiger partial charge in [0.2, 0.25) is 0 Å². The van der Waals surface area contributed by atoms with Crippen molar-refractivity contribution in [2.24, 2.45) is 11.8 Å². The van der Waals surface area contributed by atoms with E-state index in [4.69, 9.17) is 0 Å². The molecule has 2 unspecified atom stereocenters. The summed E-state index contributed by atoms with van der Waals surface area (Å²) in [6, 6.07) is 3.72. The van der Waals surface area contributed by atoms with Crippen LogP contribution in [0.2, 0.25) is 0 Å². The highest BCUT2D eigenvalue weighted by Crippen LogP contribution is 2.27. The first-order valence-electron chi connectivity index (χ1n) is 5.98. The van der Waals surface area contributed by atoms with E-state index in [-0.39, 0.29) is 18.3 Å². The van der Waals surface area contributed by atoms with E-state index in [1.54, 1.807) is 6.20 Å². The molecule has 1 aromatic rings. The van der Waals surface area contributed by atoms with E-state index in [1.165, 1.54) is 0 Å². The smallest absolute Gasteiger partial charge is 0.270 e. The van der Waals surface area contributed by atoms with Crippen LogP contribution in [0.1, 0.15) is 16.9 Å². The monoisotopic (exact) mass is 255 g/mol. The molecule has 1 aromatic heterocycles. The number of aromatic amines is 1. The number of carbonyl (C=O) groups excluding carboxylic acids is 1. The second-order valence-corrected chi connectivity index (χ2v) is 4.80. The van der Waals surface area contributed by atoms with Crippen molar-refractivity contribution in [3.05, 3.63) is 24.0 Å². The summed E-state index contributed by atoms with van der Waals surface area (Å²) in [6.45, 7) is 4.02. The Kier molecular flexibility index (Phi) is 3.74. The van der Waals surface area contributed by atoms with Gasteiger partial charge in [-0.2, -0.15) is 0 Å². The summed E-state index contributed by atoms with van der Waals surface area (Å²) in [4.78, 5) is 17.1. The van der Waals surface area contributed by atoms with Crippen LogP contribution >= 0.6 is 12.4 Å². The third-order valence-corrected chi connectivity index (χ3v) is 3.82. The van der Waals surface area contributed by atoms with E-state index in [0.29, 0.717) is 11.6 Å². The van der Waals surface area contributed by atoms with Gasteiger partial charge in [0.15, 0.2) is 0 Å². The minimum absolute atomic E-state index is 0. The third-order valence-electron chi connectivity index (χ3n) is 3.82. The lowest BCUT2D eigenvalue weighted by Crippen LogP contribution is -2.43. The molecule has 0 bridgehead atoms. The standard InChI is InChI=1S/C12H17N3O.ClH/c16-12(11-2-1-4-14-11)15-5-3-9-6-13-7-10(9)8-15;/h1-2,4,9-10,13-14H,3,5-8H2;1H. The number of aromatic nitrogens is 1. The third kappa shape index (κ3) is 2.33. The van der Waals surface area contributed by atoms with Crippen molar-refractivity contribution in [1.82, 2.24) is 15.2 Å². The Hall–Kier alpha value is -1.00. The van der Waals surface area contributed by atoms with Crippen LogP contribution < -0.4 is 5.32 Å². The van der Waals surface area contributed by atoms with Crippen LogP contribution in [0.15, 0.2) is 18.3 Å². The second-order valence-electron chi connectivity index (χ2n) is 4.80. The van der Waals surface area contributed by atoms with E-state index >= 15 is 0 Å². The summed E-state index contributed by atoms with van der Waals surface area (Å²) in [5, 5.41) is 3.41. The summed E-state index contributed by atoms with van der Waals surface area (Å²) >= 11 is 0. The minimum atomic E-state index is 0. The molecule has 2 saturated heterocycles. The largest absolute Gasteiger partial charge is 0.357 e. The maximum Gasteiger partial charge on any atom is 0.270 e. The van der Waals surface area contributed by atoms with Crippen molar-refractivity contribution < 1.29 is 4.79 Å². The number of hydrogen-bond acceptors (Lipinski definition) is 2. The predicted octanol–water partition coefficient (Wildman–Crippen LogP) is 1.12. The minimum Gasteiger partial charge on any atom is -0.357 e. The number of amides is 1. The molecule has 0 spiro atoms. The number of nitrogens with zero attached hydrogens (tertiary/aromatic N) is 1. The summed E-state index contributed by atoms with van der Waals surface area (Å²) in [6.07, 6.45) is 2.95. The highest BCUT2D eigenvalue weighted by Gasteiger charge is 2.34. The van der Waals surface area contributed by atoms with Gasteiger partial charge in [-0.15, -0.1) is 12.4 Å². The van der Waals surface area contributed by atoms with Crippen LogP contribution in [0.5, 0.6) is 0 Å². The van der Waals surface area contributed by atoms with Gasteiger partial charge in [0.1, 0.15) is 5.69 Å². The Morgan fingerprint density at radius 1 is 1.35 bits per heavy atom. The Balaban J connectivity index is 0.00000108. The summed E-state index contributed by atoms with van der Waals surface area (Å²) in [5.74, 6) is 1.59. The maximum absolute atomic E-state index is 12.1. The first-order valence-corrected chi connectivity index (χ1v) is 5.98. The predicted molar refractivity (Wildman–Crippen MR) is 68.4 cm³/mol. The van der Waals surface area contributed by atoms with E-state index in [1.807, 2.05) is 17.0 Å². The molecular weight excluding hydrogens is 238 g/mol. The molecule has 0 aliphatic carbocycles. The lowest BCUT2D eigenvalue weighted by Gasteiger charge is -2.34. The number of carbonyl (C=O) groups is 1. The quantitative estimate of drug-likeness (QED) is 0.790. The Bertz CT molecular complexity index is 379. The fourth-order valence-electron chi connectivity index (χ4n) is 2.85. The van der Waals surface area contributed by atoms with Gasteiger partial charge in [0, 0.05) is 19.3 Å². The van der Waals surface area contributed by atoms with Crippen LogP contribution in [0.3, 0.4) is 0 Å². The number of likely N-dealkylation sites (tertiary alicyclic amines) is 1. The first kappa shape index (κ1) is 12.5. The molecule has 2 aliphatic rings. The lowest BCUT2D eigenvalue weighted by atomic mass is 9.88.